The van der Waals surface area contributed by atoms with E-state index >= 15 is 0 Å². The van der Waals surface area contributed by atoms with E-state index in [9.17, 15) is 4.79 Å². The van der Waals surface area contributed by atoms with Crippen LogP contribution in [0.15, 0.2) is 46.6 Å². The molecule has 0 radical (unpaired) electrons. The third-order valence-electron chi connectivity index (χ3n) is 3.04. The molecule has 0 amide bonds. The van der Waals surface area contributed by atoms with E-state index in [4.69, 9.17) is 9.47 Å². The van der Waals surface area contributed by atoms with Crippen molar-refractivity contribution >= 4 is 28.4 Å². The van der Waals surface area contributed by atoms with Gasteiger partial charge in [-0.05, 0) is 41.2 Å². The van der Waals surface area contributed by atoms with E-state index in [0.717, 1.165) is 17.7 Å². The molecule has 0 aliphatic carbocycles. The molecule has 1 aromatic carbocycles. The van der Waals surface area contributed by atoms with Crippen LogP contribution in [-0.4, -0.2) is 19.0 Å². The van der Waals surface area contributed by atoms with Crippen LogP contribution in [0.5, 0.6) is 5.75 Å². The van der Waals surface area contributed by atoms with Crippen LogP contribution in [0.3, 0.4) is 0 Å². The fraction of sp³-hybridized carbons (Fsp3) is 0.353. The van der Waals surface area contributed by atoms with Crippen molar-refractivity contribution in [2.45, 2.75) is 32.5 Å². The number of carbonyl (C=O) groups is 1. The Kier molecular flexibility index (Phi) is 8.30. The van der Waals surface area contributed by atoms with Gasteiger partial charge in [-0.25, -0.2) is 0 Å². The highest BCUT2D eigenvalue weighted by Crippen LogP contribution is 2.17. The van der Waals surface area contributed by atoms with Gasteiger partial charge in [0.1, 0.15) is 5.75 Å². The third kappa shape index (κ3) is 6.91. The highest BCUT2D eigenvalue weighted by Gasteiger charge is 2.13. The molecule has 0 unspecified atom stereocenters. The molecule has 4 heteroatoms. The first-order valence-electron chi connectivity index (χ1n) is 6.74. The molecule has 0 fully saturated rings. The molecule has 0 bridgehead atoms. The van der Waals surface area contributed by atoms with Crippen molar-refractivity contribution in [2.75, 3.05) is 7.11 Å². The molecule has 0 spiro atoms. The van der Waals surface area contributed by atoms with E-state index in [-0.39, 0.29) is 11.9 Å². The Morgan fingerprint density at radius 1 is 1.33 bits per heavy atom. The lowest BCUT2D eigenvalue weighted by Gasteiger charge is -2.17. The molecule has 1 aromatic rings. The number of allylic oxidation sites excluding steroid dienone is 1. The van der Waals surface area contributed by atoms with E-state index in [1.165, 1.54) is 11.6 Å². The van der Waals surface area contributed by atoms with Crippen molar-refractivity contribution in [3.8, 4) is 5.75 Å². The average molecular weight is 400 g/mol. The van der Waals surface area contributed by atoms with Gasteiger partial charge in [-0.2, -0.15) is 0 Å². The van der Waals surface area contributed by atoms with Gasteiger partial charge in [0, 0.05) is 6.42 Å². The second-order valence-corrected chi connectivity index (χ2v) is 5.44. The number of methoxy groups -OCH3 is 1. The first-order valence-corrected chi connectivity index (χ1v) is 7.99. The summed E-state index contributed by atoms with van der Waals surface area (Å²) in [5.74, 6) is 0.830. The van der Waals surface area contributed by atoms with Gasteiger partial charge in [0.2, 0.25) is 0 Å². The van der Waals surface area contributed by atoms with Crippen LogP contribution in [-0.2, 0) is 16.1 Å². The SMILES string of the molecule is C=CC(=O)C[C@H](C/C(C)=C/I)OCc1ccc(OC)cc1. The summed E-state index contributed by atoms with van der Waals surface area (Å²) in [5.41, 5.74) is 2.26. The first-order chi connectivity index (χ1) is 10.1. The summed E-state index contributed by atoms with van der Waals surface area (Å²) in [4.78, 5) is 11.6. The van der Waals surface area contributed by atoms with Crippen molar-refractivity contribution in [2.24, 2.45) is 0 Å². The second-order valence-electron chi connectivity index (χ2n) is 4.82. The zero-order chi connectivity index (χ0) is 15.7. The summed E-state index contributed by atoms with van der Waals surface area (Å²) in [6, 6.07) is 7.73. The van der Waals surface area contributed by atoms with Crippen LogP contribution >= 0.6 is 22.6 Å². The first kappa shape index (κ1) is 17.9. The molecule has 0 heterocycles. The number of carbonyl (C=O) groups excluding carboxylic acids is 1. The quantitative estimate of drug-likeness (QED) is 0.454. The molecule has 0 aromatic heterocycles. The maximum atomic E-state index is 11.6. The molecule has 1 rings (SSSR count). The van der Waals surface area contributed by atoms with E-state index in [2.05, 4.69) is 29.2 Å². The highest BCUT2D eigenvalue weighted by molar-refractivity contribution is 14.1. The average Bonchev–Trinajstić information content (AvgIpc) is 2.52. The predicted molar refractivity (Wildman–Crippen MR) is 93.8 cm³/mol. The summed E-state index contributed by atoms with van der Waals surface area (Å²) in [7, 11) is 1.64. The smallest absolute Gasteiger partial charge is 0.157 e. The van der Waals surface area contributed by atoms with Crippen LogP contribution in [0.4, 0.5) is 0 Å². The molecule has 0 saturated carbocycles. The van der Waals surface area contributed by atoms with E-state index in [1.807, 2.05) is 35.3 Å². The van der Waals surface area contributed by atoms with Crippen LogP contribution in [0.2, 0.25) is 0 Å². The van der Waals surface area contributed by atoms with Crippen LogP contribution in [0, 0.1) is 0 Å². The fourth-order valence-corrected chi connectivity index (χ4v) is 2.09. The number of hydrogen-bond donors (Lipinski definition) is 0. The molecule has 114 valence electrons. The molecule has 0 aliphatic heterocycles. The summed E-state index contributed by atoms with van der Waals surface area (Å²) < 4.78 is 13.0. The van der Waals surface area contributed by atoms with Gasteiger partial charge in [-0.15, -0.1) is 0 Å². The molecular formula is C17H21IO3. The van der Waals surface area contributed by atoms with Gasteiger partial charge < -0.3 is 9.47 Å². The van der Waals surface area contributed by atoms with Crippen LogP contribution < -0.4 is 4.74 Å². The molecule has 0 N–H and O–H groups in total. The van der Waals surface area contributed by atoms with Gasteiger partial charge in [0.25, 0.3) is 0 Å². The van der Waals surface area contributed by atoms with Crippen molar-refractivity contribution < 1.29 is 14.3 Å². The molecule has 21 heavy (non-hydrogen) atoms. The maximum Gasteiger partial charge on any atom is 0.157 e. The maximum absolute atomic E-state index is 11.6. The minimum Gasteiger partial charge on any atom is -0.497 e. The van der Waals surface area contributed by atoms with Gasteiger partial charge >= 0.3 is 0 Å². The van der Waals surface area contributed by atoms with E-state index < -0.39 is 0 Å². The number of ketones is 1. The Morgan fingerprint density at radius 2 is 2.00 bits per heavy atom. The lowest BCUT2D eigenvalue weighted by molar-refractivity contribution is -0.117. The Hall–Kier alpha value is -1.14. The van der Waals surface area contributed by atoms with Gasteiger partial charge in [0.15, 0.2) is 5.78 Å². The van der Waals surface area contributed by atoms with E-state index in [1.54, 1.807) is 7.11 Å². The van der Waals surface area contributed by atoms with Crippen LogP contribution in [0.1, 0.15) is 25.3 Å². The monoisotopic (exact) mass is 400 g/mol. The van der Waals surface area contributed by atoms with Gasteiger partial charge in [-0.3, -0.25) is 4.79 Å². The van der Waals surface area contributed by atoms with Crippen molar-refractivity contribution in [1.29, 1.82) is 0 Å². The second kappa shape index (κ2) is 9.73. The third-order valence-corrected chi connectivity index (χ3v) is 4.10. The number of halogens is 1. The zero-order valence-corrected chi connectivity index (χ0v) is 14.6. The standard InChI is InChI=1S/C17H21IO3/c1-4-15(19)10-17(9-13(2)11-18)21-12-14-5-7-16(20-3)8-6-14/h4-8,11,17H,1,9-10,12H2,2-3H3/b13-11+/t17-/m0/s1. The van der Waals surface area contributed by atoms with Crippen molar-refractivity contribution in [1.82, 2.24) is 0 Å². The Bertz CT molecular complexity index is 487. The fourth-order valence-electron chi connectivity index (χ4n) is 1.84. The Morgan fingerprint density at radius 3 is 2.52 bits per heavy atom. The zero-order valence-electron chi connectivity index (χ0n) is 12.5. The van der Waals surface area contributed by atoms with Gasteiger partial charge in [-0.1, -0.05) is 46.9 Å². The number of hydrogen-bond acceptors (Lipinski definition) is 3. The summed E-state index contributed by atoms with van der Waals surface area (Å²) in [5, 5.41) is 0. The van der Waals surface area contributed by atoms with Crippen LogP contribution in [0.25, 0.3) is 0 Å². The number of rotatable bonds is 9. The van der Waals surface area contributed by atoms with Crippen molar-refractivity contribution in [3.05, 3.63) is 52.1 Å². The normalized spacial score (nSPS) is 12.8. The minimum absolute atomic E-state index is 0.0102. The lowest BCUT2D eigenvalue weighted by atomic mass is 10.1. The largest absolute Gasteiger partial charge is 0.497 e. The molecule has 1 atom stereocenters. The van der Waals surface area contributed by atoms with Gasteiger partial charge in [0.05, 0.1) is 19.8 Å². The molecule has 3 nitrogen and oxygen atoms in total. The summed E-state index contributed by atoms with van der Waals surface area (Å²) >= 11 is 2.20. The Labute approximate surface area is 140 Å². The molecule has 0 saturated heterocycles. The molecule has 0 aliphatic rings. The topological polar surface area (TPSA) is 35.5 Å². The number of ether oxygens (including phenoxy) is 2. The summed E-state index contributed by atoms with van der Waals surface area (Å²) in [6.07, 6.45) is 2.34. The highest BCUT2D eigenvalue weighted by atomic mass is 127. The summed E-state index contributed by atoms with van der Waals surface area (Å²) in [6.45, 7) is 6.03. The van der Waals surface area contributed by atoms with Crippen molar-refractivity contribution in [3.63, 3.8) is 0 Å². The minimum atomic E-state index is -0.122. The lowest BCUT2D eigenvalue weighted by Crippen LogP contribution is -2.17. The number of benzene rings is 1. The predicted octanol–water partition coefficient (Wildman–Crippen LogP) is 4.45. The molecular weight excluding hydrogens is 379 g/mol. The Balaban J connectivity index is 2.61. The van der Waals surface area contributed by atoms with E-state index in [0.29, 0.717) is 13.0 Å².